The van der Waals surface area contributed by atoms with Crippen molar-refractivity contribution >= 4 is 11.6 Å². The molecule has 1 atom stereocenters. The summed E-state index contributed by atoms with van der Waals surface area (Å²) in [6, 6.07) is 2.70. The first-order valence-corrected chi connectivity index (χ1v) is 11.3. The van der Waals surface area contributed by atoms with Crippen LogP contribution in [0.25, 0.3) is 0 Å². The summed E-state index contributed by atoms with van der Waals surface area (Å²) in [5.74, 6) is -0.627. The number of carbonyl (C=O) groups is 1. The summed E-state index contributed by atoms with van der Waals surface area (Å²) in [5, 5.41) is 9.03. The Bertz CT molecular complexity index is 916. The largest absolute Gasteiger partial charge is 0.408 e. The maximum atomic E-state index is 12.6. The molecule has 0 spiro atoms. The Labute approximate surface area is 188 Å². The first-order valence-electron chi connectivity index (χ1n) is 11.3. The lowest BCUT2D eigenvalue weighted by molar-refractivity contribution is -0.157. The van der Waals surface area contributed by atoms with Gasteiger partial charge < -0.3 is 16.0 Å². The number of benzene rings is 1. The number of fused-ring (bicyclic) bond motifs is 1. The Hall–Kier alpha value is -2.54. The van der Waals surface area contributed by atoms with Crippen LogP contribution in [0.2, 0.25) is 0 Å². The van der Waals surface area contributed by atoms with Crippen molar-refractivity contribution < 1.29 is 18.0 Å². The smallest absolute Gasteiger partial charge is 0.381 e. The Morgan fingerprint density at radius 1 is 1.25 bits per heavy atom. The van der Waals surface area contributed by atoms with E-state index in [0.717, 1.165) is 51.3 Å². The van der Waals surface area contributed by atoms with Crippen LogP contribution in [-0.4, -0.2) is 37.8 Å². The van der Waals surface area contributed by atoms with Gasteiger partial charge in [-0.1, -0.05) is 37.3 Å². The molecule has 1 amide bonds. The minimum absolute atomic E-state index is 0.0687. The highest BCUT2D eigenvalue weighted by Gasteiger charge is 2.36. The average molecular weight is 448 g/mol. The zero-order chi connectivity index (χ0) is 23.1. The average Bonchev–Trinajstić information content (AvgIpc) is 2.98. The van der Waals surface area contributed by atoms with Gasteiger partial charge in [0.05, 0.1) is 6.42 Å². The SMILES string of the molecule is CCc1cc2c(c(NC/C=C3\C=C(CC(=O)N[C@H](C)C(F)(F)F)C=CC3)c1)CCNCC2. The van der Waals surface area contributed by atoms with Crippen LogP contribution < -0.4 is 16.0 Å². The standard InChI is InChI=1S/C25H32F3N3O/c1-3-18-14-21-8-10-29-11-9-22(21)23(15-18)30-12-7-19-5-4-6-20(13-19)16-24(32)31-17(2)25(26,27)28/h4,6-7,13-15,17,29-30H,3,5,8-12,16H2,1-2H3,(H,31,32)/b19-7-/t17-/m1/s1. The van der Waals surface area contributed by atoms with Crippen molar-refractivity contribution in [1.29, 1.82) is 0 Å². The number of rotatable bonds is 7. The topological polar surface area (TPSA) is 53.2 Å². The monoisotopic (exact) mass is 447 g/mol. The number of hydrogen-bond donors (Lipinski definition) is 3. The molecule has 1 aliphatic carbocycles. The van der Waals surface area contributed by atoms with Crippen LogP contribution in [0.5, 0.6) is 0 Å². The van der Waals surface area contributed by atoms with E-state index in [1.54, 1.807) is 6.08 Å². The molecule has 0 unspecified atom stereocenters. The highest BCUT2D eigenvalue weighted by Crippen LogP contribution is 2.26. The molecule has 3 N–H and O–H groups in total. The van der Waals surface area contributed by atoms with Crippen molar-refractivity contribution in [2.24, 2.45) is 0 Å². The van der Waals surface area contributed by atoms with Gasteiger partial charge in [0.1, 0.15) is 6.04 Å². The van der Waals surface area contributed by atoms with E-state index in [2.05, 4.69) is 35.8 Å². The first-order chi connectivity index (χ1) is 15.3. The molecule has 0 saturated carbocycles. The summed E-state index contributed by atoms with van der Waals surface area (Å²) in [5.41, 5.74) is 7.04. The number of aryl methyl sites for hydroxylation is 1. The predicted octanol–water partition coefficient (Wildman–Crippen LogP) is 4.62. The lowest BCUT2D eigenvalue weighted by atomic mass is 9.96. The summed E-state index contributed by atoms with van der Waals surface area (Å²) < 4.78 is 37.9. The second kappa shape index (κ2) is 10.9. The molecule has 1 aromatic carbocycles. The van der Waals surface area contributed by atoms with Gasteiger partial charge in [0.2, 0.25) is 5.91 Å². The fraction of sp³-hybridized carbons (Fsp3) is 0.480. The molecule has 1 aromatic rings. The number of allylic oxidation sites excluding steroid dienone is 4. The van der Waals surface area contributed by atoms with Crippen LogP contribution in [0.4, 0.5) is 18.9 Å². The molecule has 0 radical (unpaired) electrons. The Morgan fingerprint density at radius 2 is 2.03 bits per heavy atom. The van der Waals surface area contributed by atoms with Crippen molar-refractivity contribution in [2.75, 3.05) is 25.0 Å². The number of anilines is 1. The molecular formula is C25H32F3N3O. The van der Waals surface area contributed by atoms with Gasteiger partial charge in [-0.05, 0) is 79.6 Å². The maximum Gasteiger partial charge on any atom is 0.408 e. The maximum absolute atomic E-state index is 12.6. The van der Waals surface area contributed by atoms with Crippen LogP contribution in [0, 0.1) is 0 Å². The van der Waals surface area contributed by atoms with Gasteiger partial charge in [-0.3, -0.25) is 4.79 Å². The van der Waals surface area contributed by atoms with E-state index in [1.807, 2.05) is 17.5 Å². The highest BCUT2D eigenvalue weighted by molar-refractivity contribution is 5.79. The van der Waals surface area contributed by atoms with Crippen molar-refractivity contribution in [3.63, 3.8) is 0 Å². The molecule has 4 nitrogen and oxygen atoms in total. The Kier molecular flexibility index (Phi) is 8.18. The van der Waals surface area contributed by atoms with Crippen molar-refractivity contribution in [1.82, 2.24) is 10.6 Å². The summed E-state index contributed by atoms with van der Waals surface area (Å²) in [6.07, 6.45) is 6.98. The third kappa shape index (κ3) is 6.73. The number of carbonyl (C=O) groups excluding carboxylic acids is 1. The summed E-state index contributed by atoms with van der Waals surface area (Å²) in [4.78, 5) is 12.0. The fourth-order valence-corrected chi connectivity index (χ4v) is 4.04. The summed E-state index contributed by atoms with van der Waals surface area (Å²) in [6.45, 7) is 5.73. The zero-order valence-corrected chi connectivity index (χ0v) is 18.7. The molecule has 2 aliphatic rings. The van der Waals surface area contributed by atoms with E-state index >= 15 is 0 Å². The van der Waals surface area contributed by atoms with Crippen LogP contribution in [0.3, 0.4) is 0 Å². The molecule has 1 heterocycles. The molecule has 7 heteroatoms. The lowest BCUT2D eigenvalue weighted by Crippen LogP contribution is -2.43. The van der Waals surface area contributed by atoms with E-state index in [-0.39, 0.29) is 6.42 Å². The van der Waals surface area contributed by atoms with Gasteiger partial charge >= 0.3 is 6.18 Å². The van der Waals surface area contributed by atoms with E-state index in [9.17, 15) is 18.0 Å². The van der Waals surface area contributed by atoms with E-state index in [4.69, 9.17) is 0 Å². The van der Waals surface area contributed by atoms with Crippen molar-refractivity contribution in [2.45, 2.75) is 58.2 Å². The molecule has 3 rings (SSSR count). The van der Waals surface area contributed by atoms with Gasteiger partial charge in [0.25, 0.3) is 0 Å². The second-order valence-corrected chi connectivity index (χ2v) is 8.38. The molecule has 0 fully saturated rings. The quantitative estimate of drug-likeness (QED) is 0.572. The predicted molar refractivity (Wildman–Crippen MR) is 123 cm³/mol. The third-order valence-corrected chi connectivity index (χ3v) is 5.88. The minimum Gasteiger partial charge on any atom is -0.381 e. The Balaban J connectivity index is 1.63. The first kappa shape index (κ1) is 24.1. The molecule has 174 valence electrons. The lowest BCUT2D eigenvalue weighted by Gasteiger charge is -2.18. The van der Waals surface area contributed by atoms with Crippen LogP contribution in [0.1, 0.15) is 43.4 Å². The van der Waals surface area contributed by atoms with Crippen LogP contribution in [-0.2, 0) is 24.1 Å². The summed E-state index contributed by atoms with van der Waals surface area (Å²) >= 11 is 0. The van der Waals surface area contributed by atoms with Gasteiger partial charge in [0.15, 0.2) is 0 Å². The number of hydrogen-bond acceptors (Lipinski definition) is 3. The minimum atomic E-state index is -4.44. The number of amides is 1. The molecule has 0 bridgehead atoms. The van der Waals surface area contributed by atoms with E-state index in [0.29, 0.717) is 12.1 Å². The zero-order valence-electron chi connectivity index (χ0n) is 18.7. The van der Waals surface area contributed by atoms with Crippen LogP contribution in [0.15, 0.2) is 47.6 Å². The van der Waals surface area contributed by atoms with Crippen molar-refractivity contribution in [3.8, 4) is 0 Å². The second-order valence-electron chi connectivity index (χ2n) is 8.38. The molecule has 0 aromatic heterocycles. The molecule has 32 heavy (non-hydrogen) atoms. The molecule has 0 saturated heterocycles. The number of halogens is 3. The van der Waals surface area contributed by atoms with Gasteiger partial charge in [-0.2, -0.15) is 13.2 Å². The number of nitrogens with one attached hydrogen (secondary N) is 3. The normalized spacial score (nSPS) is 18.5. The van der Waals surface area contributed by atoms with Crippen LogP contribution >= 0.6 is 0 Å². The van der Waals surface area contributed by atoms with Gasteiger partial charge in [-0.25, -0.2) is 0 Å². The fourth-order valence-electron chi connectivity index (χ4n) is 4.04. The third-order valence-electron chi connectivity index (χ3n) is 5.88. The van der Waals surface area contributed by atoms with E-state index in [1.165, 1.54) is 22.4 Å². The molecule has 1 aliphatic heterocycles. The molecular weight excluding hydrogens is 415 g/mol. The van der Waals surface area contributed by atoms with Gasteiger partial charge in [-0.15, -0.1) is 0 Å². The van der Waals surface area contributed by atoms with Crippen molar-refractivity contribution in [3.05, 3.63) is 64.3 Å². The highest BCUT2D eigenvalue weighted by atomic mass is 19.4. The number of alkyl halides is 3. The van der Waals surface area contributed by atoms with Gasteiger partial charge in [0, 0.05) is 12.2 Å². The summed E-state index contributed by atoms with van der Waals surface area (Å²) in [7, 11) is 0. The Morgan fingerprint density at radius 3 is 2.78 bits per heavy atom. The van der Waals surface area contributed by atoms with E-state index < -0.39 is 18.1 Å².